The number of nitrogens with one attached hydrogen (secondary N) is 2. The van der Waals surface area contributed by atoms with E-state index < -0.39 is 31.7 Å². The molecular weight excluding hydrogens is 391 g/mol. The number of carboxylic acids is 1. The third-order valence-corrected chi connectivity index (χ3v) is 5.35. The molecule has 11 heteroatoms. The summed E-state index contributed by atoms with van der Waals surface area (Å²) in [5, 5.41) is 23.3. The minimum Gasteiger partial charge on any atom is -0.493 e. The molecule has 0 aliphatic heterocycles. The fourth-order valence-electron chi connectivity index (χ4n) is 2.07. The van der Waals surface area contributed by atoms with Crippen LogP contribution in [0.1, 0.15) is 33.3 Å². The molecule has 0 aliphatic rings. The minimum atomic E-state index is -4.12. The average molecular weight is 418 g/mol. The van der Waals surface area contributed by atoms with Gasteiger partial charge >= 0.3 is 19.6 Å². The maximum atomic E-state index is 13.3. The van der Waals surface area contributed by atoms with Gasteiger partial charge in [-0.2, -0.15) is 0 Å². The lowest BCUT2D eigenvalue weighted by Gasteiger charge is -2.26. The van der Waals surface area contributed by atoms with E-state index in [1.807, 2.05) is 0 Å². The molecule has 10 nitrogen and oxygen atoms in total. The van der Waals surface area contributed by atoms with E-state index in [1.165, 1.54) is 33.1 Å². The van der Waals surface area contributed by atoms with Crippen LogP contribution in [0.4, 0.5) is 0 Å². The lowest BCUT2D eigenvalue weighted by atomic mass is 10.2. The molecule has 0 saturated carbocycles. The summed E-state index contributed by atoms with van der Waals surface area (Å²) in [6.45, 7) is 5.72. The van der Waals surface area contributed by atoms with Crippen molar-refractivity contribution in [2.45, 2.75) is 52.5 Å². The van der Waals surface area contributed by atoms with Crippen molar-refractivity contribution in [1.82, 2.24) is 10.2 Å². The van der Waals surface area contributed by atoms with Gasteiger partial charge in [-0.15, -0.1) is 0 Å². The molecule has 1 unspecified atom stereocenters. The molecule has 158 valence electrons. The second kappa shape index (κ2) is 10.4. The van der Waals surface area contributed by atoms with Crippen LogP contribution in [0.15, 0.2) is 18.2 Å². The van der Waals surface area contributed by atoms with Crippen LogP contribution in [0, 0.1) is 0 Å². The van der Waals surface area contributed by atoms with Gasteiger partial charge in [-0.05, 0) is 45.4 Å². The molecule has 0 radical (unpaired) electrons. The zero-order valence-corrected chi connectivity index (χ0v) is 17.4. The SMILES string of the molecule is COc1ccc(CO)cc1OP(=O)(N[C@@H](C)C(=O)O)N[C@@H](C)C(=O)OC(C)C. The van der Waals surface area contributed by atoms with Gasteiger partial charge < -0.3 is 24.2 Å². The molecule has 28 heavy (non-hydrogen) atoms. The van der Waals surface area contributed by atoms with Crippen LogP contribution in [0.2, 0.25) is 0 Å². The first-order chi connectivity index (χ1) is 13.0. The van der Waals surface area contributed by atoms with Gasteiger partial charge in [0.05, 0.1) is 19.8 Å². The molecule has 0 fully saturated rings. The summed E-state index contributed by atoms with van der Waals surface area (Å²) in [5.41, 5.74) is 0.459. The lowest BCUT2D eigenvalue weighted by molar-refractivity contribution is -0.149. The molecule has 1 rings (SSSR count). The largest absolute Gasteiger partial charge is 0.493 e. The molecule has 0 aliphatic carbocycles. The van der Waals surface area contributed by atoms with E-state index in [0.29, 0.717) is 5.56 Å². The van der Waals surface area contributed by atoms with Gasteiger partial charge in [0.15, 0.2) is 11.5 Å². The maximum Gasteiger partial charge on any atom is 0.392 e. The zero-order chi connectivity index (χ0) is 21.5. The van der Waals surface area contributed by atoms with Crippen molar-refractivity contribution in [3.05, 3.63) is 23.8 Å². The third-order valence-electron chi connectivity index (χ3n) is 3.44. The standard InChI is InChI=1S/C17H27N2O8P/c1-10(2)26-17(23)12(4)19-28(24,18-11(3)16(21)22)27-15-8-13(9-20)6-7-14(15)25-5/h6-8,10-12,20H,9H2,1-5H3,(H,21,22)(H2,18,19,24)/t11-,12-,28?/m0/s1. The highest BCUT2D eigenvalue weighted by Gasteiger charge is 2.34. The first-order valence-electron chi connectivity index (χ1n) is 8.57. The summed E-state index contributed by atoms with van der Waals surface area (Å²) in [7, 11) is -2.75. The van der Waals surface area contributed by atoms with Crippen molar-refractivity contribution >= 4 is 19.6 Å². The highest BCUT2D eigenvalue weighted by atomic mass is 31.2. The van der Waals surface area contributed by atoms with Crippen LogP contribution < -0.4 is 19.4 Å². The topological polar surface area (TPSA) is 143 Å². The van der Waals surface area contributed by atoms with Gasteiger partial charge in [0.1, 0.15) is 12.1 Å². The molecule has 1 aromatic carbocycles. The Labute approximate surface area is 163 Å². The maximum absolute atomic E-state index is 13.3. The Kier molecular flexibility index (Phi) is 8.90. The second-order valence-electron chi connectivity index (χ2n) is 6.31. The van der Waals surface area contributed by atoms with Gasteiger partial charge in [0, 0.05) is 0 Å². The summed E-state index contributed by atoms with van der Waals surface area (Å²) < 4.78 is 29.1. The van der Waals surface area contributed by atoms with Crippen molar-refractivity contribution in [3.8, 4) is 11.5 Å². The van der Waals surface area contributed by atoms with E-state index in [2.05, 4.69) is 10.2 Å². The van der Waals surface area contributed by atoms with Crippen LogP contribution in [0.3, 0.4) is 0 Å². The first-order valence-corrected chi connectivity index (χ1v) is 10.2. The number of carboxylic acid groups (broad SMARTS) is 1. The van der Waals surface area contributed by atoms with Crippen molar-refractivity contribution < 1.29 is 38.4 Å². The normalized spacial score (nSPS) is 15.4. The number of aliphatic carboxylic acids is 1. The minimum absolute atomic E-state index is 0.000556. The number of carbonyl (C=O) groups excluding carboxylic acids is 1. The second-order valence-corrected chi connectivity index (χ2v) is 8.11. The summed E-state index contributed by atoms with van der Waals surface area (Å²) in [4.78, 5) is 23.3. The van der Waals surface area contributed by atoms with Gasteiger partial charge in [-0.25, -0.2) is 14.7 Å². The Morgan fingerprint density at radius 3 is 2.21 bits per heavy atom. The predicted octanol–water partition coefficient (Wildman–Crippen LogP) is 1.67. The number of rotatable bonds is 11. The van der Waals surface area contributed by atoms with E-state index in [1.54, 1.807) is 19.9 Å². The predicted molar refractivity (Wildman–Crippen MR) is 101 cm³/mol. The first kappa shape index (κ1) is 23.9. The number of carbonyl (C=O) groups is 2. The van der Waals surface area contributed by atoms with Crippen molar-refractivity contribution in [2.75, 3.05) is 7.11 Å². The Bertz CT molecular complexity index is 740. The molecule has 1 aromatic rings. The van der Waals surface area contributed by atoms with Gasteiger partial charge in [0.25, 0.3) is 0 Å². The monoisotopic (exact) mass is 418 g/mol. The number of methoxy groups -OCH3 is 1. The highest BCUT2D eigenvalue weighted by molar-refractivity contribution is 7.55. The van der Waals surface area contributed by atoms with Crippen LogP contribution in [0.5, 0.6) is 11.5 Å². The fourth-order valence-corrected chi connectivity index (χ4v) is 3.91. The number of aliphatic hydroxyl groups excluding tert-OH is 1. The number of ether oxygens (including phenoxy) is 2. The molecule has 4 N–H and O–H groups in total. The summed E-state index contributed by atoms with van der Waals surface area (Å²) >= 11 is 0. The molecule has 0 spiro atoms. The highest BCUT2D eigenvalue weighted by Crippen LogP contribution is 2.44. The smallest absolute Gasteiger partial charge is 0.392 e. The molecule has 0 amide bonds. The Morgan fingerprint density at radius 1 is 1.11 bits per heavy atom. The van der Waals surface area contributed by atoms with Gasteiger partial charge in [-0.1, -0.05) is 6.07 Å². The molecule has 0 bridgehead atoms. The number of aliphatic hydroxyl groups is 1. The van der Waals surface area contributed by atoms with E-state index >= 15 is 0 Å². The molecular formula is C17H27N2O8P. The van der Waals surface area contributed by atoms with Crippen LogP contribution in [-0.4, -0.2) is 47.4 Å². The molecule has 0 aromatic heterocycles. The van der Waals surface area contributed by atoms with E-state index in [-0.39, 0.29) is 24.2 Å². The average Bonchev–Trinajstić information content (AvgIpc) is 2.60. The van der Waals surface area contributed by atoms with Gasteiger partial charge in [-0.3, -0.25) is 9.59 Å². The zero-order valence-electron chi connectivity index (χ0n) is 16.5. The molecule has 3 atom stereocenters. The summed E-state index contributed by atoms with van der Waals surface area (Å²) in [6.07, 6.45) is -0.385. The number of hydrogen-bond donors (Lipinski definition) is 4. The van der Waals surface area contributed by atoms with E-state index in [9.17, 15) is 19.3 Å². The Balaban J connectivity index is 3.19. The van der Waals surface area contributed by atoms with Crippen molar-refractivity contribution in [2.24, 2.45) is 0 Å². The summed E-state index contributed by atoms with van der Waals surface area (Å²) in [6, 6.07) is 2.17. The number of esters is 1. The van der Waals surface area contributed by atoms with E-state index in [0.717, 1.165) is 0 Å². The lowest BCUT2D eigenvalue weighted by Crippen LogP contribution is -2.43. The van der Waals surface area contributed by atoms with Crippen LogP contribution in [-0.2, 0) is 25.5 Å². The molecule has 0 heterocycles. The van der Waals surface area contributed by atoms with Crippen LogP contribution >= 0.6 is 7.67 Å². The number of benzene rings is 1. The quantitative estimate of drug-likeness (QED) is 0.309. The molecule has 0 saturated heterocycles. The Hall–Kier alpha value is -2.13. The fraction of sp³-hybridized carbons (Fsp3) is 0.529. The summed E-state index contributed by atoms with van der Waals surface area (Å²) in [5.74, 6) is -1.74. The van der Waals surface area contributed by atoms with Gasteiger partial charge in [0.2, 0.25) is 0 Å². The Morgan fingerprint density at radius 2 is 1.71 bits per heavy atom. The van der Waals surface area contributed by atoms with E-state index in [4.69, 9.17) is 19.1 Å². The number of hydrogen-bond acceptors (Lipinski definition) is 7. The van der Waals surface area contributed by atoms with Crippen LogP contribution in [0.25, 0.3) is 0 Å². The van der Waals surface area contributed by atoms with Crippen molar-refractivity contribution in [1.29, 1.82) is 0 Å². The van der Waals surface area contributed by atoms with Crippen molar-refractivity contribution in [3.63, 3.8) is 0 Å². The third kappa shape index (κ3) is 7.12.